The summed E-state index contributed by atoms with van der Waals surface area (Å²) >= 11 is 0. The van der Waals surface area contributed by atoms with Gasteiger partial charge in [0, 0.05) is 38.4 Å². The van der Waals surface area contributed by atoms with Gasteiger partial charge >= 0.3 is 0 Å². The molecule has 0 aliphatic carbocycles. The first-order valence-corrected chi connectivity index (χ1v) is 7.94. The molecule has 1 aromatic carbocycles. The van der Waals surface area contributed by atoms with E-state index in [1.165, 1.54) is 0 Å². The van der Waals surface area contributed by atoms with Crippen LogP contribution >= 0.6 is 0 Å². The quantitative estimate of drug-likeness (QED) is 0.429. The molecule has 1 rings (SSSR count). The van der Waals surface area contributed by atoms with E-state index in [2.05, 4.69) is 22.1 Å². The normalized spacial score (nSPS) is 11.3. The van der Waals surface area contributed by atoms with Gasteiger partial charge in [0.1, 0.15) is 11.5 Å². The van der Waals surface area contributed by atoms with Crippen molar-refractivity contribution in [2.45, 2.75) is 20.4 Å². The van der Waals surface area contributed by atoms with Gasteiger partial charge in [-0.1, -0.05) is 0 Å². The summed E-state index contributed by atoms with van der Waals surface area (Å²) < 4.78 is 16.0. The molecule has 0 saturated carbocycles. The predicted molar refractivity (Wildman–Crippen MR) is 93.5 cm³/mol. The molecule has 6 heteroatoms. The van der Waals surface area contributed by atoms with Crippen LogP contribution in [0.4, 0.5) is 0 Å². The molecule has 0 aromatic heterocycles. The summed E-state index contributed by atoms with van der Waals surface area (Å²) in [5.41, 5.74) is 1.08. The van der Waals surface area contributed by atoms with Gasteiger partial charge in [0.15, 0.2) is 5.96 Å². The van der Waals surface area contributed by atoms with E-state index in [-0.39, 0.29) is 0 Å². The summed E-state index contributed by atoms with van der Waals surface area (Å²) in [6.45, 7) is 7.53. The maximum absolute atomic E-state index is 5.45. The Morgan fingerprint density at radius 2 is 2.00 bits per heavy atom. The molecule has 130 valence electrons. The van der Waals surface area contributed by atoms with Crippen molar-refractivity contribution in [3.63, 3.8) is 0 Å². The molecule has 0 saturated heterocycles. The minimum atomic E-state index is 0.630. The summed E-state index contributed by atoms with van der Waals surface area (Å²) in [7, 11) is 5.32. The van der Waals surface area contributed by atoms with Gasteiger partial charge < -0.3 is 24.4 Å². The summed E-state index contributed by atoms with van der Waals surface area (Å²) in [5.74, 6) is 2.44. The van der Waals surface area contributed by atoms with Crippen LogP contribution in [-0.4, -0.2) is 58.4 Å². The topological polar surface area (TPSA) is 55.3 Å². The molecule has 0 spiro atoms. The number of nitrogens with zero attached hydrogens (tertiary/aromatic N) is 2. The number of benzene rings is 1. The smallest absolute Gasteiger partial charge is 0.194 e. The largest absolute Gasteiger partial charge is 0.497 e. The molecular weight excluding hydrogens is 294 g/mol. The van der Waals surface area contributed by atoms with Crippen LogP contribution in [0.15, 0.2) is 23.2 Å². The predicted octanol–water partition coefficient (Wildman–Crippen LogP) is 2.14. The molecule has 0 amide bonds. The fraction of sp³-hybridized carbons (Fsp3) is 0.588. The second kappa shape index (κ2) is 10.7. The summed E-state index contributed by atoms with van der Waals surface area (Å²) in [6.07, 6.45) is 0. The summed E-state index contributed by atoms with van der Waals surface area (Å²) in [6, 6.07) is 5.84. The molecule has 6 nitrogen and oxygen atoms in total. The van der Waals surface area contributed by atoms with Crippen molar-refractivity contribution in [3.8, 4) is 11.5 Å². The van der Waals surface area contributed by atoms with Crippen LogP contribution in [0.5, 0.6) is 11.5 Å². The lowest BCUT2D eigenvalue weighted by atomic mass is 10.2. The Bertz CT molecular complexity index is 492. The van der Waals surface area contributed by atoms with E-state index in [9.17, 15) is 0 Å². The highest BCUT2D eigenvalue weighted by Crippen LogP contribution is 2.25. The van der Waals surface area contributed by atoms with Crippen molar-refractivity contribution < 1.29 is 14.2 Å². The maximum Gasteiger partial charge on any atom is 0.194 e. The van der Waals surface area contributed by atoms with Gasteiger partial charge in [0.2, 0.25) is 0 Å². The second-order valence-corrected chi connectivity index (χ2v) is 4.97. The van der Waals surface area contributed by atoms with Crippen molar-refractivity contribution in [1.82, 2.24) is 10.2 Å². The Balaban J connectivity index is 2.79. The van der Waals surface area contributed by atoms with Gasteiger partial charge in [-0.3, -0.25) is 4.99 Å². The van der Waals surface area contributed by atoms with E-state index >= 15 is 0 Å². The van der Waals surface area contributed by atoms with Gasteiger partial charge in [-0.25, -0.2) is 0 Å². The number of aliphatic imine (C=N–C) groups is 1. The molecule has 1 aromatic rings. The zero-order chi connectivity index (χ0) is 17.1. The van der Waals surface area contributed by atoms with Crippen LogP contribution < -0.4 is 14.8 Å². The standard InChI is InChI=1S/C17H29N3O3/c1-6-18-17(19-10-11-23-7-2)20(3)13-14-8-9-15(21-4)12-16(14)22-5/h8-9,12H,6-7,10-11,13H2,1-5H3,(H,18,19). The highest BCUT2D eigenvalue weighted by atomic mass is 16.5. The van der Waals surface area contributed by atoms with Gasteiger partial charge in [-0.05, 0) is 26.0 Å². The first-order chi connectivity index (χ1) is 11.2. The Morgan fingerprint density at radius 3 is 2.61 bits per heavy atom. The molecule has 0 radical (unpaired) electrons. The minimum absolute atomic E-state index is 0.630. The van der Waals surface area contributed by atoms with Crippen LogP contribution in [-0.2, 0) is 11.3 Å². The molecule has 1 N–H and O–H groups in total. The monoisotopic (exact) mass is 323 g/mol. The van der Waals surface area contributed by atoms with Crippen LogP contribution in [0.2, 0.25) is 0 Å². The van der Waals surface area contributed by atoms with E-state index in [1.807, 2.05) is 32.2 Å². The van der Waals surface area contributed by atoms with Gasteiger partial charge in [-0.15, -0.1) is 0 Å². The first-order valence-electron chi connectivity index (χ1n) is 7.94. The number of hydrogen-bond donors (Lipinski definition) is 1. The lowest BCUT2D eigenvalue weighted by molar-refractivity contribution is 0.155. The average Bonchev–Trinajstić information content (AvgIpc) is 2.57. The van der Waals surface area contributed by atoms with Crippen molar-refractivity contribution in [1.29, 1.82) is 0 Å². The Morgan fingerprint density at radius 1 is 1.22 bits per heavy atom. The fourth-order valence-corrected chi connectivity index (χ4v) is 2.14. The third kappa shape index (κ3) is 6.36. The first kappa shape index (κ1) is 19.1. The lowest BCUT2D eigenvalue weighted by Crippen LogP contribution is -2.38. The minimum Gasteiger partial charge on any atom is -0.497 e. The van der Waals surface area contributed by atoms with Crippen molar-refractivity contribution in [3.05, 3.63) is 23.8 Å². The Kier molecular flexibility index (Phi) is 8.90. The van der Waals surface area contributed by atoms with Gasteiger partial charge in [0.25, 0.3) is 0 Å². The van der Waals surface area contributed by atoms with Crippen molar-refractivity contribution in [2.75, 3.05) is 47.6 Å². The van der Waals surface area contributed by atoms with Crippen LogP contribution in [0.3, 0.4) is 0 Å². The molecule has 0 unspecified atom stereocenters. The maximum atomic E-state index is 5.45. The highest BCUT2D eigenvalue weighted by molar-refractivity contribution is 5.79. The van der Waals surface area contributed by atoms with Crippen molar-refractivity contribution >= 4 is 5.96 Å². The summed E-state index contributed by atoms with van der Waals surface area (Å²) in [5, 5.41) is 3.29. The zero-order valence-electron chi connectivity index (χ0n) is 14.9. The van der Waals surface area contributed by atoms with Crippen molar-refractivity contribution in [2.24, 2.45) is 4.99 Å². The SMILES string of the molecule is CCNC(=NCCOCC)N(C)Cc1ccc(OC)cc1OC. The number of ether oxygens (including phenoxy) is 3. The van der Waals surface area contributed by atoms with Crippen LogP contribution in [0.1, 0.15) is 19.4 Å². The number of guanidine groups is 1. The highest BCUT2D eigenvalue weighted by Gasteiger charge is 2.11. The Labute approximate surface area is 139 Å². The molecular formula is C17H29N3O3. The number of hydrogen-bond acceptors (Lipinski definition) is 4. The van der Waals surface area contributed by atoms with E-state index in [4.69, 9.17) is 14.2 Å². The van der Waals surface area contributed by atoms with Crippen LogP contribution in [0, 0.1) is 0 Å². The van der Waals surface area contributed by atoms with E-state index in [0.717, 1.165) is 29.6 Å². The molecule has 0 atom stereocenters. The average molecular weight is 323 g/mol. The molecule has 0 aliphatic rings. The molecule has 0 bridgehead atoms. The number of methoxy groups -OCH3 is 2. The van der Waals surface area contributed by atoms with Crippen LogP contribution in [0.25, 0.3) is 0 Å². The Hall–Kier alpha value is -1.95. The molecule has 0 fully saturated rings. The third-order valence-electron chi connectivity index (χ3n) is 3.30. The number of nitrogens with one attached hydrogen (secondary N) is 1. The van der Waals surface area contributed by atoms with Gasteiger partial charge in [0.05, 0.1) is 27.4 Å². The fourth-order valence-electron chi connectivity index (χ4n) is 2.14. The molecule has 0 aliphatic heterocycles. The van der Waals surface area contributed by atoms with E-state index < -0.39 is 0 Å². The lowest BCUT2D eigenvalue weighted by Gasteiger charge is -2.23. The second-order valence-electron chi connectivity index (χ2n) is 4.97. The third-order valence-corrected chi connectivity index (χ3v) is 3.30. The number of rotatable bonds is 9. The molecule has 0 heterocycles. The van der Waals surface area contributed by atoms with E-state index in [1.54, 1.807) is 14.2 Å². The summed E-state index contributed by atoms with van der Waals surface area (Å²) in [4.78, 5) is 6.65. The van der Waals surface area contributed by atoms with E-state index in [0.29, 0.717) is 26.3 Å². The molecule has 23 heavy (non-hydrogen) atoms. The van der Waals surface area contributed by atoms with Gasteiger partial charge in [-0.2, -0.15) is 0 Å². The zero-order valence-corrected chi connectivity index (χ0v) is 14.9.